The lowest BCUT2D eigenvalue weighted by atomic mass is 10.0. The summed E-state index contributed by atoms with van der Waals surface area (Å²) in [7, 11) is -2.01. The summed E-state index contributed by atoms with van der Waals surface area (Å²) in [5, 5.41) is 16.1. The molecule has 0 aromatic heterocycles. The van der Waals surface area contributed by atoms with Crippen molar-refractivity contribution in [2.24, 2.45) is 0 Å². The number of benzene rings is 2. The Morgan fingerprint density at radius 2 is 1.76 bits per heavy atom. The molecule has 0 bridgehead atoms. The van der Waals surface area contributed by atoms with Crippen LogP contribution in [0.15, 0.2) is 50.9 Å². The third kappa shape index (κ3) is 4.74. The van der Waals surface area contributed by atoms with Gasteiger partial charge in [0.2, 0.25) is 0 Å². The number of hydrogen-bond acceptors (Lipinski definition) is 8. The van der Waals surface area contributed by atoms with Crippen LogP contribution in [0.5, 0.6) is 5.75 Å². The molecule has 3 rings (SSSR count). The van der Waals surface area contributed by atoms with E-state index in [9.17, 15) is 23.1 Å². The third-order valence-electron chi connectivity index (χ3n) is 5.29. The molecule has 0 saturated heterocycles. The highest BCUT2D eigenvalue weighted by Crippen LogP contribution is 2.39. The van der Waals surface area contributed by atoms with Crippen LogP contribution in [-0.2, 0) is 21.3 Å². The number of aromatic hydroxyl groups is 1. The van der Waals surface area contributed by atoms with Crippen LogP contribution in [0.3, 0.4) is 0 Å². The van der Waals surface area contributed by atoms with Crippen molar-refractivity contribution in [3.63, 3.8) is 0 Å². The minimum Gasteiger partial charge on any atom is -0.504 e. The third-order valence-corrected chi connectivity index (χ3v) is 7.47. The highest BCUT2D eigenvalue weighted by molar-refractivity contribution is 7.89. The zero-order chi connectivity index (χ0) is 24.5. The maximum absolute atomic E-state index is 12.6. The van der Waals surface area contributed by atoms with Crippen molar-refractivity contribution in [2.45, 2.75) is 31.2 Å². The summed E-state index contributed by atoms with van der Waals surface area (Å²) in [6.45, 7) is 3.86. The van der Waals surface area contributed by atoms with Crippen LogP contribution in [0, 0.1) is 6.92 Å². The number of halogens is 1. The van der Waals surface area contributed by atoms with Crippen molar-refractivity contribution >= 4 is 38.7 Å². The molecule has 1 atom stereocenters. The van der Waals surface area contributed by atoms with Crippen molar-refractivity contribution < 1.29 is 18.4 Å². The summed E-state index contributed by atoms with van der Waals surface area (Å²) >= 11 is 6.02. The van der Waals surface area contributed by atoms with E-state index in [1.165, 1.54) is 12.1 Å². The molecule has 0 aliphatic heterocycles. The molecular weight excluding hydrogens is 470 g/mol. The number of rotatable bonds is 9. The smallest absolute Gasteiger partial charge is 0.269 e. The first-order valence-electron chi connectivity index (χ1n) is 9.94. The summed E-state index contributed by atoms with van der Waals surface area (Å²) in [5.74, 6) is -0.710. The van der Waals surface area contributed by atoms with E-state index >= 15 is 0 Å². The van der Waals surface area contributed by atoms with Gasteiger partial charge in [-0.3, -0.25) is 14.4 Å². The number of nitrogens with one attached hydrogen (secondary N) is 2. The SMILES string of the molecule is CON(C)S(=O)(=O)c1c(Cl)ccc(Nc2c(N[C@H](C)Cc3ccccc3C)c(=O)c2=O)c1O. The number of aryl methyl sites for hydroxylation is 1. The Bertz CT molecular complexity index is 1370. The van der Waals surface area contributed by atoms with E-state index in [0.717, 1.165) is 25.3 Å². The molecular formula is C22H24ClN3O6S. The van der Waals surface area contributed by atoms with Gasteiger partial charge in [-0.1, -0.05) is 40.3 Å². The number of hydrogen-bond donors (Lipinski definition) is 3. The lowest BCUT2D eigenvalue weighted by molar-refractivity contribution is -0.0259. The summed E-state index contributed by atoms with van der Waals surface area (Å²) in [5.41, 5.74) is 0.604. The predicted molar refractivity (Wildman–Crippen MR) is 128 cm³/mol. The summed E-state index contributed by atoms with van der Waals surface area (Å²) in [6.07, 6.45) is 0.614. The first kappa shape index (κ1) is 24.7. The lowest BCUT2D eigenvalue weighted by Gasteiger charge is -2.21. The van der Waals surface area contributed by atoms with Gasteiger partial charge in [0.05, 0.1) is 17.8 Å². The molecule has 0 spiro atoms. The Morgan fingerprint density at radius 3 is 2.39 bits per heavy atom. The number of nitrogens with zero attached hydrogens (tertiary/aromatic N) is 1. The summed E-state index contributed by atoms with van der Waals surface area (Å²) < 4.78 is 25.8. The Hall–Kier alpha value is -2.92. The lowest BCUT2D eigenvalue weighted by Crippen LogP contribution is -2.39. The molecule has 3 N–H and O–H groups in total. The topological polar surface area (TPSA) is 125 Å². The van der Waals surface area contributed by atoms with Gasteiger partial charge in [0.1, 0.15) is 16.3 Å². The van der Waals surface area contributed by atoms with Crippen LogP contribution < -0.4 is 21.5 Å². The Labute approximate surface area is 196 Å². The second kappa shape index (κ2) is 9.52. The number of anilines is 3. The van der Waals surface area contributed by atoms with Crippen molar-refractivity contribution in [3.8, 4) is 5.75 Å². The van der Waals surface area contributed by atoms with Gasteiger partial charge in [0.15, 0.2) is 5.75 Å². The molecule has 0 amide bonds. The van der Waals surface area contributed by atoms with Crippen LogP contribution >= 0.6 is 11.6 Å². The molecule has 0 saturated carbocycles. The monoisotopic (exact) mass is 493 g/mol. The van der Waals surface area contributed by atoms with E-state index in [1.807, 2.05) is 38.1 Å². The molecule has 0 aliphatic rings. The van der Waals surface area contributed by atoms with Crippen molar-refractivity contribution in [2.75, 3.05) is 24.8 Å². The van der Waals surface area contributed by atoms with Gasteiger partial charge in [-0.15, -0.1) is 0 Å². The molecule has 0 aliphatic carbocycles. The van der Waals surface area contributed by atoms with Gasteiger partial charge < -0.3 is 15.7 Å². The number of phenols is 1. The fourth-order valence-electron chi connectivity index (χ4n) is 3.37. The Balaban J connectivity index is 1.90. The van der Waals surface area contributed by atoms with Crippen molar-refractivity contribution in [3.05, 3.63) is 73.0 Å². The van der Waals surface area contributed by atoms with E-state index in [4.69, 9.17) is 16.4 Å². The molecule has 3 aromatic carbocycles. The Kier molecular flexibility index (Phi) is 7.13. The first-order valence-corrected chi connectivity index (χ1v) is 11.8. The van der Waals surface area contributed by atoms with Gasteiger partial charge >= 0.3 is 0 Å². The largest absolute Gasteiger partial charge is 0.504 e. The molecule has 176 valence electrons. The maximum atomic E-state index is 12.6. The van der Waals surface area contributed by atoms with E-state index in [1.54, 1.807) is 0 Å². The highest BCUT2D eigenvalue weighted by Gasteiger charge is 2.30. The van der Waals surface area contributed by atoms with Crippen LogP contribution in [0.25, 0.3) is 0 Å². The van der Waals surface area contributed by atoms with Crippen LogP contribution in [0.1, 0.15) is 18.1 Å². The first-order chi connectivity index (χ1) is 15.5. The normalized spacial score (nSPS) is 12.8. The second-order valence-corrected chi connectivity index (χ2v) is 9.86. The molecule has 9 nitrogen and oxygen atoms in total. The maximum Gasteiger partial charge on any atom is 0.269 e. The molecule has 0 unspecified atom stereocenters. The van der Waals surface area contributed by atoms with Crippen LogP contribution in [-0.4, -0.2) is 38.2 Å². The standard InChI is InChI=1S/C22H24ClN3O6S/c1-12-7-5-6-8-14(12)11-13(2)24-17-18(21(29)20(17)28)25-16-10-9-15(23)22(19(16)27)33(30,31)26(3)32-4/h5-10,13,24-25,27H,11H2,1-4H3/t13-/m1/s1. The van der Waals surface area contributed by atoms with Gasteiger partial charge in [-0.25, -0.2) is 8.42 Å². The zero-order valence-electron chi connectivity index (χ0n) is 18.5. The van der Waals surface area contributed by atoms with Crippen molar-refractivity contribution in [1.82, 2.24) is 4.47 Å². The van der Waals surface area contributed by atoms with E-state index < -0.39 is 31.5 Å². The quantitative estimate of drug-likeness (QED) is 0.236. The fourth-order valence-corrected chi connectivity index (χ4v) is 4.94. The molecule has 3 aromatic rings. The average molecular weight is 494 g/mol. The molecule has 33 heavy (non-hydrogen) atoms. The fraction of sp³-hybridized carbons (Fsp3) is 0.273. The number of phenolic OH excluding ortho intramolecular Hbond substituents is 1. The van der Waals surface area contributed by atoms with Gasteiger partial charge in [0, 0.05) is 13.1 Å². The predicted octanol–water partition coefficient (Wildman–Crippen LogP) is 2.92. The van der Waals surface area contributed by atoms with Gasteiger partial charge in [0.25, 0.3) is 20.9 Å². The van der Waals surface area contributed by atoms with Crippen LogP contribution in [0.4, 0.5) is 17.1 Å². The zero-order valence-corrected chi connectivity index (χ0v) is 20.0. The molecule has 0 heterocycles. The molecule has 11 heteroatoms. The number of sulfonamides is 1. The molecule has 0 fully saturated rings. The van der Waals surface area contributed by atoms with E-state index in [0.29, 0.717) is 10.9 Å². The minimum absolute atomic E-state index is 0.0638. The average Bonchev–Trinajstić information content (AvgIpc) is 2.77. The van der Waals surface area contributed by atoms with Crippen molar-refractivity contribution in [1.29, 1.82) is 0 Å². The summed E-state index contributed by atoms with van der Waals surface area (Å²) in [4.78, 5) is 28.5. The summed E-state index contributed by atoms with van der Waals surface area (Å²) in [6, 6.07) is 10.2. The van der Waals surface area contributed by atoms with Gasteiger partial charge in [-0.05, 0) is 43.5 Å². The van der Waals surface area contributed by atoms with Crippen LogP contribution in [0.2, 0.25) is 5.02 Å². The Morgan fingerprint density at radius 1 is 1.12 bits per heavy atom. The number of hydroxylamine groups is 1. The van der Waals surface area contributed by atoms with E-state index in [2.05, 4.69) is 10.6 Å². The van der Waals surface area contributed by atoms with E-state index in [-0.39, 0.29) is 28.1 Å². The second-order valence-electron chi connectivity index (χ2n) is 7.58. The minimum atomic E-state index is -4.29. The highest BCUT2D eigenvalue weighted by atomic mass is 35.5. The molecule has 0 radical (unpaired) electrons. The van der Waals surface area contributed by atoms with Gasteiger partial charge in [-0.2, -0.15) is 0 Å².